The fraction of sp³-hybridized carbons (Fsp3) is 0.0476. The van der Waals surface area contributed by atoms with Crippen molar-refractivity contribution in [1.29, 1.82) is 0 Å². The number of fused-ring (bicyclic) bond motifs is 4. The Balaban J connectivity index is 1.98. The molecular weight excluding hydrogens is 310 g/mol. The molecule has 0 aliphatic heterocycles. The van der Waals surface area contributed by atoms with Crippen molar-refractivity contribution in [2.75, 3.05) is 7.11 Å². The van der Waals surface area contributed by atoms with Gasteiger partial charge in [0.1, 0.15) is 17.2 Å². The molecule has 3 aromatic heterocycles. The van der Waals surface area contributed by atoms with Crippen LogP contribution in [0.2, 0.25) is 0 Å². The van der Waals surface area contributed by atoms with Crippen molar-refractivity contribution in [3.63, 3.8) is 0 Å². The summed E-state index contributed by atoms with van der Waals surface area (Å²) >= 11 is 0. The molecular formula is C21H15N3O. The molecule has 0 amide bonds. The van der Waals surface area contributed by atoms with E-state index in [-0.39, 0.29) is 0 Å². The number of pyridine rings is 2. The third kappa shape index (κ3) is 1.94. The summed E-state index contributed by atoms with van der Waals surface area (Å²) in [6.07, 6.45) is 3.60. The summed E-state index contributed by atoms with van der Waals surface area (Å²) in [7, 11) is 1.67. The Labute approximate surface area is 144 Å². The lowest BCUT2D eigenvalue weighted by atomic mass is 10.1. The third-order valence-electron chi connectivity index (χ3n) is 4.60. The molecule has 0 fully saturated rings. The van der Waals surface area contributed by atoms with Gasteiger partial charge in [-0.05, 0) is 18.2 Å². The van der Waals surface area contributed by atoms with Crippen LogP contribution in [0.1, 0.15) is 0 Å². The summed E-state index contributed by atoms with van der Waals surface area (Å²) < 4.78 is 7.62. The second kappa shape index (κ2) is 5.31. The normalized spacial score (nSPS) is 11.4. The molecule has 0 aliphatic carbocycles. The molecule has 4 nitrogen and oxygen atoms in total. The molecule has 0 spiro atoms. The van der Waals surface area contributed by atoms with Gasteiger partial charge in [-0.1, -0.05) is 42.5 Å². The number of para-hydroxylation sites is 1. The SMILES string of the molecule is COc1cnc(-n2c3ccccc3c3cccnc32)c2ccccc12. The Morgan fingerprint density at radius 3 is 2.32 bits per heavy atom. The molecule has 5 aromatic rings. The van der Waals surface area contributed by atoms with Crippen LogP contribution >= 0.6 is 0 Å². The number of aromatic nitrogens is 3. The van der Waals surface area contributed by atoms with E-state index in [4.69, 9.17) is 9.72 Å². The Hall–Kier alpha value is -3.40. The molecule has 0 N–H and O–H groups in total. The van der Waals surface area contributed by atoms with Crippen molar-refractivity contribution in [1.82, 2.24) is 14.5 Å². The minimum Gasteiger partial charge on any atom is -0.494 e. The van der Waals surface area contributed by atoms with Gasteiger partial charge in [-0.25, -0.2) is 9.97 Å². The van der Waals surface area contributed by atoms with Crippen LogP contribution in [0.25, 0.3) is 38.5 Å². The zero-order valence-corrected chi connectivity index (χ0v) is 13.7. The lowest BCUT2D eigenvalue weighted by molar-refractivity contribution is 0.418. The van der Waals surface area contributed by atoms with Crippen LogP contribution in [0.4, 0.5) is 0 Å². The van der Waals surface area contributed by atoms with Gasteiger partial charge in [0.2, 0.25) is 0 Å². The van der Waals surface area contributed by atoms with Crippen molar-refractivity contribution in [2.24, 2.45) is 0 Å². The average molecular weight is 325 g/mol. The maximum atomic E-state index is 5.49. The van der Waals surface area contributed by atoms with E-state index in [9.17, 15) is 0 Å². The molecule has 0 aliphatic rings. The van der Waals surface area contributed by atoms with Gasteiger partial charge in [0.15, 0.2) is 0 Å². The average Bonchev–Trinajstić information content (AvgIpc) is 3.02. The molecule has 0 atom stereocenters. The molecule has 4 heteroatoms. The number of benzene rings is 2. The third-order valence-corrected chi connectivity index (χ3v) is 4.60. The minimum absolute atomic E-state index is 0.771. The van der Waals surface area contributed by atoms with Gasteiger partial charge in [0.25, 0.3) is 0 Å². The van der Waals surface area contributed by atoms with E-state index >= 15 is 0 Å². The predicted molar refractivity (Wildman–Crippen MR) is 100 cm³/mol. The van der Waals surface area contributed by atoms with Crippen LogP contribution in [0.5, 0.6) is 5.75 Å². The highest BCUT2D eigenvalue weighted by Gasteiger charge is 2.16. The van der Waals surface area contributed by atoms with Crippen molar-refractivity contribution in [3.8, 4) is 11.6 Å². The summed E-state index contributed by atoms with van der Waals surface area (Å²) in [5, 5.41) is 4.37. The highest BCUT2D eigenvalue weighted by atomic mass is 16.5. The molecule has 0 saturated heterocycles. The van der Waals surface area contributed by atoms with E-state index < -0.39 is 0 Å². The maximum Gasteiger partial charge on any atom is 0.146 e. The van der Waals surface area contributed by atoms with Crippen molar-refractivity contribution >= 4 is 32.7 Å². The van der Waals surface area contributed by atoms with Crippen LogP contribution < -0.4 is 4.74 Å². The monoisotopic (exact) mass is 325 g/mol. The van der Waals surface area contributed by atoms with Crippen LogP contribution in [-0.4, -0.2) is 21.6 Å². The second-order valence-electron chi connectivity index (χ2n) is 5.92. The zero-order chi connectivity index (χ0) is 16.8. The first-order chi connectivity index (χ1) is 12.4. The molecule has 0 saturated carbocycles. The van der Waals surface area contributed by atoms with E-state index in [1.165, 1.54) is 5.39 Å². The first-order valence-electron chi connectivity index (χ1n) is 8.15. The fourth-order valence-corrected chi connectivity index (χ4v) is 3.50. The Kier molecular flexibility index (Phi) is 2.97. The fourth-order valence-electron chi connectivity index (χ4n) is 3.50. The lowest BCUT2D eigenvalue weighted by Crippen LogP contribution is -2.00. The van der Waals surface area contributed by atoms with E-state index in [2.05, 4.69) is 45.9 Å². The second-order valence-corrected chi connectivity index (χ2v) is 5.92. The lowest BCUT2D eigenvalue weighted by Gasteiger charge is -2.12. The number of ether oxygens (including phenoxy) is 1. The summed E-state index contributed by atoms with van der Waals surface area (Å²) in [4.78, 5) is 9.35. The maximum absolute atomic E-state index is 5.49. The van der Waals surface area contributed by atoms with Crippen LogP contribution in [0, 0.1) is 0 Å². The van der Waals surface area contributed by atoms with Crippen LogP contribution in [0.15, 0.2) is 73.1 Å². The number of hydrogen-bond acceptors (Lipinski definition) is 3. The number of rotatable bonds is 2. The number of methoxy groups -OCH3 is 1. The molecule has 120 valence electrons. The summed E-state index contributed by atoms with van der Waals surface area (Å²) in [5.41, 5.74) is 2.01. The van der Waals surface area contributed by atoms with Gasteiger partial charge in [-0.15, -0.1) is 0 Å². The largest absolute Gasteiger partial charge is 0.494 e. The first-order valence-corrected chi connectivity index (χ1v) is 8.15. The van der Waals surface area contributed by atoms with Gasteiger partial charge in [0, 0.05) is 27.7 Å². The Morgan fingerprint density at radius 2 is 1.48 bits per heavy atom. The highest BCUT2D eigenvalue weighted by Crippen LogP contribution is 2.34. The van der Waals surface area contributed by atoms with Crippen molar-refractivity contribution in [3.05, 3.63) is 73.1 Å². The topological polar surface area (TPSA) is 39.9 Å². The molecule has 2 aromatic carbocycles. The van der Waals surface area contributed by atoms with Gasteiger partial charge in [0.05, 0.1) is 18.8 Å². The van der Waals surface area contributed by atoms with Gasteiger partial charge in [-0.3, -0.25) is 4.57 Å². The van der Waals surface area contributed by atoms with E-state index in [0.717, 1.165) is 38.9 Å². The van der Waals surface area contributed by atoms with Gasteiger partial charge >= 0.3 is 0 Å². The molecule has 5 rings (SSSR count). The standard InChI is InChI=1S/C21H15N3O/c1-25-19-13-23-21(17-9-3-2-8-15(17)19)24-18-11-5-4-7-14(18)16-10-6-12-22-20(16)24/h2-13H,1H3. The summed E-state index contributed by atoms with van der Waals surface area (Å²) in [6.45, 7) is 0. The smallest absolute Gasteiger partial charge is 0.146 e. The molecule has 0 unspecified atom stereocenters. The molecule has 25 heavy (non-hydrogen) atoms. The molecule has 3 heterocycles. The van der Waals surface area contributed by atoms with Gasteiger partial charge in [-0.2, -0.15) is 0 Å². The minimum atomic E-state index is 0.771. The van der Waals surface area contributed by atoms with Gasteiger partial charge < -0.3 is 4.74 Å². The van der Waals surface area contributed by atoms with Crippen molar-refractivity contribution < 1.29 is 4.74 Å². The quantitative estimate of drug-likeness (QED) is 0.471. The van der Waals surface area contributed by atoms with Crippen LogP contribution in [-0.2, 0) is 0 Å². The predicted octanol–water partition coefficient (Wildman–Crippen LogP) is 4.74. The highest BCUT2D eigenvalue weighted by molar-refractivity contribution is 6.09. The molecule has 0 bridgehead atoms. The zero-order valence-electron chi connectivity index (χ0n) is 13.7. The van der Waals surface area contributed by atoms with E-state index in [1.807, 2.05) is 30.5 Å². The Morgan fingerprint density at radius 1 is 0.760 bits per heavy atom. The number of hydrogen-bond donors (Lipinski definition) is 0. The summed E-state index contributed by atoms with van der Waals surface area (Å²) in [6, 6.07) is 20.6. The van der Waals surface area contributed by atoms with Crippen LogP contribution in [0.3, 0.4) is 0 Å². The van der Waals surface area contributed by atoms with E-state index in [1.54, 1.807) is 13.3 Å². The number of nitrogens with zero attached hydrogens (tertiary/aromatic N) is 3. The first kappa shape index (κ1) is 14.0. The summed E-state index contributed by atoms with van der Waals surface area (Å²) in [5.74, 6) is 1.63. The van der Waals surface area contributed by atoms with E-state index in [0.29, 0.717) is 0 Å². The molecule has 0 radical (unpaired) electrons. The Bertz CT molecular complexity index is 1190. The van der Waals surface area contributed by atoms with Crippen molar-refractivity contribution in [2.45, 2.75) is 0 Å².